The molecule has 0 radical (unpaired) electrons. The SMILES string of the molecule is CS[C@H]1O[C@H](C(O)Cc2ccccc2)[C@](O)(Cc2ccccc2)[C@@](O)(C(C)=O)[C@@]1(O)Cc1ccccc1. The molecule has 196 valence electrons. The van der Waals surface area contributed by atoms with Gasteiger partial charge in [0.1, 0.15) is 22.7 Å². The molecule has 3 aromatic carbocycles. The maximum absolute atomic E-state index is 13.4. The molecule has 1 aliphatic heterocycles. The van der Waals surface area contributed by atoms with Gasteiger partial charge in [-0.3, -0.25) is 4.79 Å². The van der Waals surface area contributed by atoms with Gasteiger partial charge in [0.2, 0.25) is 0 Å². The molecule has 7 heteroatoms. The summed E-state index contributed by atoms with van der Waals surface area (Å²) in [5.41, 5.74) is -6.26. The number of rotatable bonds is 9. The summed E-state index contributed by atoms with van der Waals surface area (Å²) in [6.45, 7) is 1.16. The maximum atomic E-state index is 13.4. The highest BCUT2D eigenvalue weighted by molar-refractivity contribution is 7.99. The minimum absolute atomic E-state index is 0.120. The zero-order chi connectivity index (χ0) is 26.7. The monoisotopic (exact) mass is 522 g/mol. The molecule has 1 unspecified atom stereocenters. The molecule has 0 saturated carbocycles. The minimum Gasteiger partial charge on any atom is -0.390 e. The summed E-state index contributed by atoms with van der Waals surface area (Å²) in [7, 11) is 0. The van der Waals surface area contributed by atoms with Crippen molar-refractivity contribution in [2.75, 3.05) is 6.26 Å². The lowest BCUT2D eigenvalue weighted by Gasteiger charge is -2.60. The van der Waals surface area contributed by atoms with Crippen LogP contribution in [-0.2, 0) is 28.8 Å². The van der Waals surface area contributed by atoms with Crippen LogP contribution in [-0.4, -0.2) is 66.9 Å². The van der Waals surface area contributed by atoms with E-state index in [4.69, 9.17) is 4.74 Å². The molecule has 37 heavy (non-hydrogen) atoms. The van der Waals surface area contributed by atoms with Crippen LogP contribution in [0, 0.1) is 0 Å². The molecule has 0 amide bonds. The van der Waals surface area contributed by atoms with Crippen molar-refractivity contribution in [1.82, 2.24) is 0 Å². The van der Waals surface area contributed by atoms with Gasteiger partial charge in [-0.2, -0.15) is 0 Å². The predicted octanol–water partition coefficient (Wildman–Crippen LogP) is 2.95. The van der Waals surface area contributed by atoms with Crippen molar-refractivity contribution in [3.8, 4) is 0 Å². The van der Waals surface area contributed by atoms with E-state index >= 15 is 0 Å². The number of Topliss-reactive ketones (excluding diaryl/α,β-unsaturated/α-hetero) is 1. The second-order valence-electron chi connectivity index (χ2n) is 9.82. The third-order valence-electron chi connectivity index (χ3n) is 7.38. The second-order valence-corrected chi connectivity index (χ2v) is 10.7. The number of carbonyl (C=O) groups is 1. The Hall–Kier alpha value is -2.52. The number of ether oxygens (including phenoxy) is 1. The Balaban J connectivity index is 1.86. The number of carbonyl (C=O) groups excluding carboxylic acids is 1. The van der Waals surface area contributed by atoms with Crippen LogP contribution in [0.15, 0.2) is 91.0 Å². The lowest BCUT2D eigenvalue weighted by molar-refractivity contribution is -0.335. The Kier molecular flexibility index (Phi) is 8.23. The van der Waals surface area contributed by atoms with Gasteiger partial charge in [-0.25, -0.2) is 0 Å². The molecular formula is C30H34O6S. The van der Waals surface area contributed by atoms with Crippen LogP contribution in [0.25, 0.3) is 0 Å². The topological polar surface area (TPSA) is 107 Å². The van der Waals surface area contributed by atoms with E-state index in [0.29, 0.717) is 11.1 Å². The van der Waals surface area contributed by atoms with E-state index in [0.717, 1.165) is 24.2 Å². The number of ketones is 1. The summed E-state index contributed by atoms with van der Waals surface area (Å²) >= 11 is 1.12. The number of aliphatic hydroxyl groups excluding tert-OH is 1. The lowest BCUT2D eigenvalue weighted by Crippen LogP contribution is -2.84. The van der Waals surface area contributed by atoms with E-state index < -0.39 is 40.2 Å². The van der Waals surface area contributed by atoms with E-state index in [2.05, 4.69) is 0 Å². The van der Waals surface area contributed by atoms with Crippen LogP contribution in [0.4, 0.5) is 0 Å². The molecule has 3 aromatic rings. The Bertz CT molecular complexity index is 1180. The quantitative estimate of drug-likeness (QED) is 0.342. The summed E-state index contributed by atoms with van der Waals surface area (Å²) in [6.07, 6.45) is -1.21. The smallest absolute Gasteiger partial charge is 0.186 e. The number of aliphatic hydroxyl groups is 4. The molecule has 1 heterocycles. The van der Waals surface area contributed by atoms with Crippen LogP contribution in [0.1, 0.15) is 23.6 Å². The Morgan fingerprint density at radius 2 is 1.24 bits per heavy atom. The number of thioether (sulfide) groups is 1. The van der Waals surface area contributed by atoms with Crippen LogP contribution in [0.3, 0.4) is 0 Å². The van der Waals surface area contributed by atoms with Crippen LogP contribution in [0.5, 0.6) is 0 Å². The van der Waals surface area contributed by atoms with Gasteiger partial charge < -0.3 is 25.2 Å². The van der Waals surface area contributed by atoms with E-state index in [1.54, 1.807) is 54.8 Å². The van der Waals surface area contributed by atoms with Crippen molar-refractivity contribution in [3.63, 3.8) is 0 Å². The number of hydrogen-bond donors (Lipinski definition) is 4. The van der Waals surface area contributed by atoms with Gasteiger partial charge in [0, 0.05) is 19.3 Å². The van der Waals surface area contributed by atoms with Gasteiger partial charge in [0.05, 0.1) is 6.10 Å². The average molecular weight is 523 g/mol. The first-order valence-electron chi connectivity index (χ1n) is 12.3. The normalized spacial score (nSPS) is 30.5. The van der Waals surface area contributed by atoms with Crippen LogP contribution < -0.4 is 0 Å². The molecule has 0 bridgehead atoms. The van der Waals surface area contributed by atoms with E-state index in [1.165, 1.54) is 0 Å². The molecule has 0 aromatic heterocycles. The Labute approximate surface area is 221 Å². The van der Waals surface area contributed by atoms with Crippen molar-refractivity contribution < 1.29 is 30.0 Å². The van der Waals surface area contributed by atoms with Crippen molar-refractivity contribution in [3.05, 3.63) is 108 Å². The Morgan fingerprint density at radius 3 is 1.68 bits per heavy atom. The molecule has 4 rings (SSSR count). The molecule has 0 spiro atoms. The third-order valence-corrected chi connectivity index (χ3v) is 8.31. The molecule has 0 aliphatic carbocycles. The summed E-state index contributed by atoms with van der Waals surface area (Å²) in [4.78, 5) is 13.4. The maximum Gasteiger partial charge on any atom is 0.186 e. The third kappa shape index (κ3) is 5.00. The van der Waals surface area contributed by atoms with Gasteiger partial charge in [0.25, 0.3) is 0 Å². The zero-order valence-corrected chi connectivity index (χ0v) is 21.8. The summed E-state index contributed by atoms with van der Waals surface area (Å²) in [5, 5.41) is 48.4. The molecule has 4 N–H and O–H groups in total. The fourth-order valence-electron chi connectivity index (χ4n) is 5.60. The van der Waals surface area contributed by atoms with Gasteiger partial charge in [-0.15, -0.1) is 11.8 Å². The van der Waals surface area contributed by atoms with Crippen molar-refractivity contribution in [1.29, 1.82) is 0 Å². The first kappa shape index (κ1) is 27.5. The van der Waals surface area contributed by atoms with Crippen molar-refractivity contribution in [2.24, 2.45) is 0 Å². The van der Waals surface area contributed by atoms with Gasteiger partial charge >= 0.3 is 0 Å². The van der Waals surface area contributed by atoms with Crippen LogP contribution in [0.2, 0.25) is 0 Å². The summed E-state index contributed by atoms with van der Waals surface area (Å²) in [5.74, 6) is -0.802. The van der Waals surface area contributed by atoms with E-state index in [9.17, 15) is 25.2 Å². The number of hydrogen-bond acceptors (Lipinski definition) is 7. The minimum atomic E-state index is -2.67. The molecule has 1 fully saturated rings. The van der Waals surface area contributed by atoms with Gasteiger partial charge in [-0.05, 0) is 29.9 Å². The summed E-state index contributed by atoms with van der Waals surface area (Å²) < 4.78 is 6.29. The molecular weight excluding hydrogens is 488 g/mol. The first-order valence-corrected chi connectivity index (χ1v) is 13.6. The average Bonchev–Trinajstić information content (AvgIpc) is 2.89. The molecule has 6 atom stereocenters. The second kappa shape index (κ2) is 11.1. The standard InChI is InChI=1S/C30H34O6S/c1-21(31)30(35)28(33,19-23-14-8-4-9-15-23)26(25(32)18-22-12-6-3-7-13-22)36-27(37-2)29(30,34)20-24-16-10-5-11-17-24/h3-17,25-27,32-35H,18-20H2,1-2H3/t25?,26-,27-,28-,29-,30+/m1/s1. The first-order chi connectivity index (χ1) is 17.7. The van der Waals surface area contributed by atoms with Gasteiger partial charge in [0.15, 0.2) is 11.4 Å². The van der Waals surface area contributed by atoms with E-state index in [-0.39, 0.29) is 19.3 Å². The Morgan fingerprint density at radius 1 is 0.811 bits per heavy atom. The zero-order valence-electron chi connectivity index (χ0n) is 21.0. The van der Waals surface area contributed by atoms with Crippen molar-refractivity contribution in [2.45, 2.75) is 60.6 Å². The van der Waals surface area contributed by atoms with Gasteiger partial charge in [-0.1, -0.05) is 91.0 Å². The fourth-order valence-corrected chi connectivity index (χ4v) is 6.47. The highest BCUT2D eigenvalue weighted by Crippen LogP contribution is 2.51. The highest BCUT2D eigenvalue weighted by Gasteiger charge is 2.74. The molecule has 1 aliphatic rings. The lowest BCUT2D eigenvalue weighted by atomic mass is 9.60. The molecule has 1 saturated heterocycles. The van der Waals surface area contributed by atoms with Crippen LogP contribution >= 0.6 is 11.8 Å². The summed E-state index contributed by atoms with van der Waals surface area (Å²) in [6, 6.07) is 27.1. The van der Waals surface area contributed by atoms with Crippen molar-refractivity contribution >= 4 is 17.5 Å². The predicted molar refractivity (Wildman–Crippen MR) is 144 cm³/mol. The fraction of sp³-hybridized carbons (Fsp3) is 0.367. The number of benzene rings is 3. The molecule has 6 nitrogen and oxygen atoms in total. The highest BCUT2D eigenvalue weighted by atomic mass is 32.2. The largest absolute Gasteiger partial charge is 0.390 e. The van der Waals surface area contributed by atoms with E-state index in [1.807, 2.05) is 42.5 Å².